The van der Waals surface area contributed by atoms with Crippen molar-refractivity contribution in [3.05, 3.63) is 29.3 Å². The Kier molecular flexibility index (Phi) is 2.86. The maximum Gasteiger partial charge on any atom is 0.0354 e. The fourth-order valence-corrected chi connectivity index (χ4v) is 2.03. The summed E-state index contributed by atoms with van der Waals surface area (Å²) < 4.78 is 0. The number of hydrogen-bond acceptors (Lipinski definition) is 1. The lowest BCUT2D eigenvalue weighted by Gasteiger charge is -2.31. The van der Waals surface area contributed by atoms with E-state index in [4.69, 9.17) is 5.73 Å². The second-order valence-electron chi connectivity index (χ2n) is 6.27. The Morgan fingerprint density at radius 2 is 1.40 bits per heavy atom. The number of rotatable bonds is 0. The van der Waals surface area contributed by atoms with E-state index in [1.807, 2.05) is 12.1 Å². The normalized spacial score (nSPS) is 12.9. The molecule has 1 heteroatoms. The molecule has 0 spiro atoms. The Morgan fingerprint density at radius 3 is 1.73 bits per heavy atom. The van der Waals surface area contributed by atoms with Gasteiger partial charge in [-0.3, -0.25) is 0 Å². The van der Waals surface area contributed by atoms with Crippen molar-refractivity contribution in [2.45, 2.75) is 52.4 Å². The summed E-state index contributed by atoms with van der Waals surface area (Å²) in [5, 5.41) is 0. The highest BCUT2D eigenvalue weighted by Gasteiger charge is 2.26. The Balaban J connectivity index is 3.48. The maximum absolute atomic E-state index is 6.10. The van der Waals surface area contributed by atoms with E-state index in [-0.39, 0.29) is 10.8 Å². The topological polar surface area (TPSA) is 26.0 Å². The van der Waals surface area contributed by atoms with Gasteiger partial charge in [0.05, 0.1) is 0 Å². The zero-order valence-electron chi connectivity index (χ0n) is 10.8. The van der Waals surface area contributed by atoms with Gasteiger partial charge in [-0.1, -0.05) is 53.7 Å². The van der Waals surface area contributed by atoms with Crippen LogP contribution in [0, 0.1) is 0 Å². The van der Waals surface area contributed by atoms with Gasteiger partial charge in [-0.05, 0) is 28.0 Å². The molecule has 0 heterocycles. The number of nitrogen functional groups attached to an aromatic ring is 1. The Bertz CT molecular complexity index is 351. The van der Waals surface area contributed by atoms with Crippen molar-refractivity contribution < 1.29 is 0 Å². The molecule has 1 rings (SSSR count). The van der Waals surface area contributed by atoms with Crippen molar-refractivity contribution in [3.8, 4) is 0 Å². The zero-order valence-corrected chi connectivity index (χ0v) is 10.8. The van der Waals surface area contributed by atoms with Crippen LogP contribution < -0.4 is 5.73 Å². The zero-order chi connectivity index (χ0) is 11.9. The van der Waals surface area contributed by atoms with Gasteiger partial charge in [-0.25, -0.2) is 0 Å². The molecule has 1 aromatic carbocycles. The summed E-state index contributed by atoms with van der Waals surface area (Å²) in [7, 11) is 0. The highest BCUT2D eigenvalue weighted by molar-refractivity contribution is 5.56. The van der Waals surface area contributed by atoms with Gasteiger partial charge in [0.15, 0.2) is 0 Å². The molecule has 0 aliphatic rings. The third-order valence-electron chi connectivity index (χ3n) is 2.65. The van der Waals surface area contributed by atoms with Crippen LogP contribution in [0.5, 0.6) is 0 Å². The molecule has 0 atom stereocenters. The first-order valence-electron chi connectivity index (χ1n) is 5.53. The largest absolute Gasteiger partial charge is 0.398 e. The first kappa shape index (κ1) is 12.1. The van der Waals surface area contributed by atoms with Crippen LogP contribution in [0.4, 0.5) is 5.69 Å². The van der Waals surface area contributed by atoms with Gasteiger partial charge in [0.25, 0.3) is 0 Å². The van der Waals surface area contributed by atoms with E-state index in [1.165, 1.54) is 11.1 Å². The molecular weight excluding hydrogens is 182 g/mol. The fourth-order valence-electron chi connectivity index (χ4n) is 2.03. The summed E-state index contributed by atoms with van der Waals surface area (Å²) in [5.74, 6) is 0. The van der Waals surface area contributed by atoms with Gasteiger partial charge in [0.1, 0.15) is 0 Å². The van der Waals surface area contributed by atoms with Crippen molar-refractivity contribution in [3.63, 3.8) is 0 Å². The fraction of sp³-hybridized carbons (Fsp3) is 0.571. The van der Waals surface area contributed by atoms with E-state index in [1.54, 1.807) is 0 Å². The number of benzene rings is 1. The Morgan fingerprint density at radius 1 is 0.867 bits per heavy atom. The summed E-state index contributed by atoms with van der Waals surface area (Å²) in [4.78, 5) is 0. The van der Waals surface area contributed by atoms with Crippen molar-refractivity contribution in [1.29, 1.82) is 0 Å². The molecule has 0 unspecified atom stereocenters. The lowest BCUT2D eigenvalue weighted by atomic mass is 9.74. The highest BCUT2D eigenvalue weighted by Crippen LogP contribution is 2.37. The van der Waals surface area contributed by atoms with E-state index >= 15 is 0 Å². The third kappa shape index (κ3) is 2.53. The molecule has 84 valence electrons. The maximum atomic E-state index is 6.10. The molecule has 0 aliphatic carbocycles. The highest BCUT2D eigenvalue weighted by atomic mass is 14.6. The van der Waals surface area contributed by atoms with Crippen LogP contribution in [0.2, 0.25) is 0 Å². The minimum absolute atomic E-state index is 0.105. The molecule has 1 nitrogen and oxygen atoms in total. The van der Waals surface area contributed by atoms with Crippen LogP contribution in [0.1, 0.15) is 52.7 Å². The lowest BCUT2D eigenvalue weighted by molar-refractivity contribution is 0.532. The van der Waals surface area contributed by atoms with Crippen LogP contribution >= 0.6 is 0 Å². The molecule has 0 aromatic heterocycles. The van der Waals surface area contributed by atoms with Crippen LogP contribution in [-0.4, -0.2) is 0 Å². The van der Waals surface area contributed by atoms with Crippen molar-refractivity contribution in [1.82, 2.24) is 0 Å². The third-order valence-corrected chi connectivity index (χ3v) is 2.65. The summed E-state index contributed by atoms with van der Waals surface area (Å²) >= 11 is 0. The minimum Gasteiger partial charge on any atom is -0.398 e. The van der Waals surface area contributed by atoms with E-state index < -0.39 is 0 Å². The van der Waals surface area contributed by atoms with Crippen LogP contribution in [0.25, 0.3) is 0 Å². The molecule has 15 heavy (non-hydrogen) atoms. The van der Waals surface area contributed by atoms with E-state index in [9.17, 15) is 0 Å². The molecule has 0 radical (unpaired) electrons. The van der Waals surface area contributed by atoms with E-state index in [0.717, 1.165) is 5.69 Å². The van der Waals surface area contributed by atoms with Gasteiger partial charge in [-0.2, -0.15) is 0 Å². The summed E-state index contributed by atoms with van der Waals surface area (Å²) in [6, 6.07) is 6.23. The standard InChI is InChI=1S/C14H23N/c1-13(2,3)10-8-7-9-11(15)12(10)14(4,5)6/h7-9H,15H2,1-6H3. The second kappa shape index (κ2) is 3.55. The molecule has 0 amide bonds. The predicted molar refractivity (Wildman–Crippen MR) is 68.3 cm³/mol. The Hall–Kier alpha value is -0.980. The molecule has 0 aliphatic heterocycles. The average molecular weight is 205 g/mol. The van der Waals surface area contributed by atoms with Crippen LogP contribution in [0.3, 0.4) is 0 Å². The van der Waals surface area contributed by atoms with E-state index in [0.29, 0.717) is 0 Å². The molecule has 0 saturated heterocycles. The quantitative estimate of drug-likeness (QED) is 0.639. The minimum atomic E-state index is 0.105. The smallest absolute Gasteiger partial charge is 0.0354 e. The first-order valence-corrected chi connectivity index (χ1v) is 5.53. The van der Waals surface area contributed by atoms with Gasteiger partial charge in [-0.15, -0.1) is 0 Å². The average Bonchev–Trinajstić information content (AvgIpc) is 1.99. The van der Waals surface area contributed by atoms with Gasteiger partial charge >= 0.3 is 0 Å². The molecule has 2 N–H and O–H groups in total. The molecule has 0 bridgehead atoms. The SMILES string of the molecule is CC(C)(C)c1cccc(N)c1C(C)(C)C. The van der Waals surface area contributed by atoms with Crippen LogP contribution in [0.15, 0.2) is 18.2 Å². The summed E-state index contributed by atoms with van der Waals surface area (Å²) in [5.41, 5.74) is 9.92. The first-order chi connectivity index (χ1) is 6.64. The molecule has 0 fully saturated rings. The molecule has 1 aromatic rings. The van der Waals surface area contributed by atoms with Gasteiger partial charge in [0, 0.05) is 5.69 Å². The summed E-state index contributed by atoms with van der Waals surface area (Å²) in [6.07, 6.45) is 0. The van der Waals surface area contributed by atoms with Gasteiger partial charge in [0.2, 0.25) is 0 Å². The van der Waals surface area contributed by atoms with Crippen molar-refractivity contribution >= 4 is 5.69 Å². The number of anilines is 1. The monoisotopic (exact) mass is 205 g/mol. The van der Waals surface area contributed by atoms with E-state index in [2.05, 4.69) is 47.6 Å². The number of hydrogen-bond donors (Lipinski definition) is 1. The van der Waals surface area contributed by atoms with Crippen molar-refractivity contribution in [2.75, 3.05) is 5.73 Å². The van der Waals surface area contributed by atoms with Crippen LogP contribution in [-0.2, 0) is 10.8 Å². The lowest BCUT2D eigenvalue weighted by Crippen LogP contribution is -2.23. The molecule has 0 saturated carbocycles. The second-order valence-corrected chi connectivity index (χ2v) is 6.27. The Labute approximate surface area is 93.7 Å². The van der Waals surface area contributed by atoms with Crippen molar-refractivity contribution in [2.24, 2.45) is 0 Å². The summed E-state index contributed by atoms with van der Waals surface area (Å²) in [6.45, 7) is 13.3. The van der Waals surface area contributed by atoms with Gasteiger partial charge < -0.3 is 5.73 Å². The molecular formula is C14H23N. The number of nitrogens with two attached hydrogens (primary N) is 1. The predicted octanol–water partition coefficient (Wildman–Crippen LogP) is 3.86.